The van der Waals surface area contributed by atoms with Crippen molar-refractivity contribution in [3.8, 4) is 28.7 Å². The number of halogens is 2. The normalized spacial score (nSPS) is 13.5. The highest BCUT2D eigenvalue weighted by Gasteiger charge is 2.28. The molecule has 3 aromatic carbocycles. The molecule has 0 saturated carbocycles. The van der Waals surface area contributed by atoms with E-state index in [1.54, 1.807) is 54.6 Å². The highest BCUT2D eigenvalue weighted by molar-refractivity contribution is 6.35. The number of ether oxygens (including phenoxy) is 5. The van der Waals surface area contributed by atoms with Gasteiger partial charge in [0.1, 0.15) is 23.9 Å². The summed E-state index contributed by atoms with van der Waals surface area (Å²) in [5.41, 5.74) is 1.84. The van der Waals surface area contributed by atoms with Crippen molar-refractivity contribution < 1.29 is 28.5 Å². The molecule has 8 heteroatoms. The zero-order valence-electron chi connectivity index (χ0n) is 18.1. The third-order valence-corrected chi connectivity index (χ3v) is 5.66. The van der Waals surface area contributed by atoms with Gasteiger partial charge in [-0.3, -0.25) is 4.79 Å². The van der Waals surface area contributed by atoms with E-state index in [2.05, 4.69) is 0 Å². The van der Waals surface area contributed by atoms with E-state index in [0.29, 0.717) is 49.9 Å². The first-order valence-electron chi connectivity index (χ1n) is 9.88. The molecule has 0 bridgehead atoms. The van der Waals surface area contributed by atoms with Gasteiger partial charge in [0.2, 0.25) is 5.78 Å². The number of ketones is 1. The van der Waals surface area contributed by atoms with Crippen molar-refractivity contribution in [2.45, 2.75) is 6.61 Å². The minimum atomic E-state index is -0.242. The maximum absolute atomic E-state index is 12.9. The summed E-state index contributed by atoms with van der Waals surface area (Å²) in [5, 5.41) is 1.07. The number of hydrogen-bond donors (Lipinski definition) is 0. The summed E-state index contributed by atoms with van der Waals surface area (Å²) in [6, 6.07) is 13.7. The molecule has 1 aliphatic rings. The van der Waals surface area contributed by atoms with Gasteiger partial charge in [0.25, 0.3) is 0 Å². The molecule has 170 valence electrons. The van der Waals surface area contributed by atoms with Crippen LogP contribution in [-0.4, -0.2) is 27.1 Å². The van der Waals surface area contributed by atoms with Crippen molar-refractivity contribution in [1.82, 2.24) is 0 Å². The number of carbonyl (C=O) groups excluding carboxylic acids is 1. The Kier molecular flexibility index (Phi) is 6.67. The van der Waals surface area contributed by atoms with Crippen LogP contribution in [0, 0.1) is 0 Å². The molecule has 0 unspecified atom stereocenters. The molecular weight excluding hydrogens is 467 g/mol. The van der Waals surface area contributed by atoms with Gasteiger partial charge in [-0.25, -0.2) is 0 Å². The van der Waals surface area contributed by atoms with Crippen LogP contribution >= 0.6 is 23.2 Å². The van der Waals surface area contributed by atoms with E-state index in [4.69, 9.17) is 46.9 Å². The standard InChI is InChI=1S/C25H20Cl2O6/c1-29-20-12-23(31-3)22(30-2)8-15(20)9-24-25(28)18-7-6-17(11-21(18)33-24)32-13-14-4-5-16(26)10-19(14)27/h4-12H,13H2,1-3H3/b24-9-. The Hall–Kier alpha value is -3.35. The van der Waals surface area contributed by atoms with Crippen LogP contribution in [-0.2, 0) is 6.61 Å². The molecule has 0 spiro atoms. The predicted molar refractivity (Wildman–Crippen MR) is 126 cm³/mol. The average Bonchev–Trinajstić information content (AvgIpc) is 3.12. The maximum Gasteiger partial charge on any atom is 0.231 e. The molecular formula is C25H20Cl2O6. The summed E-state index contributed by atoms with van der Waals surface area (Å²) >= 11 is 12.1. The minimum absolute atomic E-state index is 0.161. The van der Waals surface area contributed by atoms with E-state index in [-0.39, 0.29) is 18.1 Å². The Bertz CT molecular complexity index is 1250. The lowest BCUT2D eigenvalue weighted by molar-refractivity contribution is 0.101. The third-order valence-electron chi connectivity index (χ3n) is 5.07. The molecule has 0 aromatic heterocycles. The average molecular weight is 487 g/mol. The fourth-order valence-corrected chi connectivity index (χ4v) is 3.83. The van der Waals surface area contributed by atoms with Crippen molar-refractivity contribution >= 4 is 35.1 Å². The van der Waals surface area contributed by atoms with Gasteiger partial charge in [-0.15, -0.1) is 0 Å². The second kappa shape index (κ2) is 9.65. The molecule has 0 saturated heterocycles. The number of Topliss-reactive ketones (excluding diaryl/α,β-unsaturated/α-hetero) is 1. The smallest absolute Gasteiger partial charge is 0.231 e. The topological polar surface area (TPSA) is 63.2 Å². The number of methoxy groups -OCH3 is 3. The molecule has 1 aliphatic heterocycles. The Balaban J connectivity index is 1.57. The molecule has 0 atom stereocenters. The first kappa shape index (κ1) is 22.8. The van der Waals surface area contributed by atoms with Crippen molar-refractivity contribution in [1.29, 1.82) is 0 Å². The molecule has 6 nitrogen and oxygen atoms in total. The minimum Gasteiger partial charge on any atom is -0.496 e. The molecule has 0 fully saturated rings. The molecule has 0 aliphatic carbocycles. The van der Waals surface area contributed by atoms with Crippen LogP contribution in [0.5, 0.6) is 28.7 Å². The molecule has 0 N–H and O–H groups in total. The summed E-state index contributed by atoms with van der Waals surface area (Å²) in [6.45, 7) is 0.244. The Labute approximate surface area is 201 Å². The second-order valence-electron chi connectivity index (χ2n) is 7.07. The van der Waals surface area contributed by atoms with Gasteiger partial charge in [-0.1, -0.05) is 29.3 Å². The fourth-order valence-electron chi connectivity index (χ4n) is 3.36. The molecule has 1 heterocycles. The summed E-state index contributed by atoms with van der Waals surface area (Å²) in [7, 11) is 4.61. The molecule has 0 amide bonds. The van der Waals surface area contributed by atoms with Crippen LogP contribution < -0.4 is 23.7 Å². The van der Waals surface area contributed by atoms with Crippen molar-refractivity contribution in [3.63, 3.8) is 0 Å². The number of fused-ring (bicyclic) bond motifs is 1. The summed E-state index contributed by atoms with van der Waals surface area (Å²) in [5.74, 6) is 2.40. The first-order chi connectivity index (χ1) is 15.9. The SMILES string of the molecule is COc1cc(OC)c(OC)cc1/C=C1\Oc2cc(OCc3ccc(Cl)cc3Cl)ccc2C1=O. The van der Waals surface area contributed by atoms with Crippen LogP contribution in [0.3, 0.4) is 0 Å². The van der Waals surface area contributed by atoms with Gasteiger partial charge < -0.3 is 23.7 Å². The Morgan fingerprint density at radius 2 is 1.61 bits per heavy atom. The van der Waals surface area contributed by atoms with Crippen LogP contribution in [0.15, 0.2) is 54.3 Å². The van der Waals surface area contributed by atoms with Crippen LogP contribution in [0.1, 0.15) is 21.5 Å². The van der Waals surface area contributed by atoms with E-state index in [1.807, 2.05) is 0 Å². The quantitative estimate of drug-likeness (QED) is 0.369. The van der Waals surface area contributed by atoms with Crippen molar-refractivity contribution in [3.05, 3.63) is 81.0 Å². The highest BCUT2D eigenvalue weighted by Crippen LogP contribution is 2.39. The zero-order valence-corrected chi connectivity index (χ0v) is 19.6. The number of benzene rings is 3. The molecule has 4 rings (SSSR count). The van der Waals surface area contributed by atoms with Crippen molar-refractivity contribution in [2.24, 2.45) is 0 Å². The third kappa shape index (κ3) is 4.72. The summed E-state index contributed by atoms with van der Waals surface area (Å²) < 4.78 is 27.8. The van der Waals surface area contributed by atoms with Gasteiger partial charge in [0.15, 0.2) is 17.3 Å². The van der Waals surface area contributed by atoms with E-state index in [0.717, 1.165) is 5.56 Å². The lowest BCUT2D eigenvalue weighted by atomic mass is 10.1. The van der Waals surface area contributed by atoms with Gasteiger partial charge in [0.05, 0.1) is 26.9 Å². The first-order valence-corrected chi connectivity index (χ1v) is 10.6. The van der Waals surface area contributed by atoms with E-state index in [9.17, 15) is 4.79 Å². The fraction of sp³-hybridized carbons (Fsp3) is 0.160. The second-order valence-corrected chi connectivity index (χ2v) is 7.91. The number of carbonyl (C=O) groups is 1. The summed E-state index contributed by atoms with van der Waals surface area (Å²) in [4.78, 5) is 12.9. The van der Waals surface area contributed by atoms with E-state index in [1.165, 1.54) is 21.3 Å². The largest absolute Gasteiger partial charge is 0.496 e. The number of rotatable bonds is 7. The van der Waals surface area contributed by atoms with Gasteiger partial charge in [0, 0.05) is 33.3 Å². The van der Waals surface area contributed by atoms with Crippen LogP contribution in [0.4, 0.5) is 0 Å². The Morgan fingerprint density at radius 3 is 2.30 bits per heavy atom. The monoisotopic (exact) mass is 486 g/mol. The van der Waals surface area contributed by atoms with E-state index < -0.39 is 0 Å². The Morgan fingerprint density at radius 1 is 0.879 bits per heavy atom. The van der Waals surface area contributed by atoms with Gasteiger partial charge in [-0.2, -0.15) is 0 Å². The van der Waals surface area contributed by atoms with E-state index >= 15 is 0 Å². The maximum atomic E-state index is 12.9. The predicted octanol–water partition coefficient (Wildman–Crippen LogP) is 6.21. The number of allylic oxidation sites excluding steroid dienone is 1. The van der Waals surface area contributed by atoms with Crippen molar-refractivity contribution in [2.75, 3.05) is 21.3 Å². The highest BCUT2D eigenvalue weighted by atomic mass is 35.5. The summed E-state index contributed by atoms with van der Waals surface area (Å²) in [6.07, 6.45) is 1.61. The van der Waals surface area contributed by atoms with Gasteiger partial charge in [-0.05, 0) is 36.4 Å². The van der Waals surface area contributed by atoms with Crippen LogP contribution in [0.25, 0.3) is 6.08 Å². The number of hydrogen-bond acceptors (Lipinski definition) is 6. The molecule has 33 heavy (non-hydrogen) atoms. The lowest BCUT2D eigenvalue weighted by Gasteiger charge is -2.12. The van der Waals surface area contributed by atoms with Crippen LogP contribution in [0.2, 0.25) is 10.0 Å². The molecule has 3 aromatic rings. The van der Waals surface area contributed by atoms with Gasteiger partial charge >= 0.3 is 0 Å². The lowest BCUT2D eigenvalue weighted by Crippen LogP contribution is -2.00. The molecule has 0 radical (unpaired) electrons. The zero-order chi connectivity index (χ0) is 23.5.